The van der Waals surface area contributed by atoms with Gasteiger partial charge in [-0.1, -0.05) is 24.3 Å². The minimum atomic E-state index is -2.81. The lowest BCUT2D eigenvalue weighted by molar-refractivity contribution is -0.123. The number of aromatic nitrogens is 3. The fourth-order valence-electron chi connectivity index (χ4n) is 2.58. The molecule has 1 aromatic carbocycles. The van der Waals surface area contributed by atoms with Gasteiger partial charge >= 0.3 is 0 Å². The van der Waals surface area contributed by atoms with Gasteiger partial charge in [0.15, 0.2) is 0 Å². The summed E-state index contributed by atoms with van der Waals surface area (Å²) >= 11 is 0. The molecule has 1 aliphatic heterocycles. The van der Waals surface area contributed by atoms with Gasteiger partial charge in [0.25, 0.3) is 5.92 Å². The Balaban J connectivity index is 0.00000156. The highest BCUT2D eigenvalue weighted by atomic mass is 35.5. The van der Waals surface area contributed by atoms with Gasteiger partial charge in [-0.05, 0) is 11.1 Å². The SMILES string of the molecule is Cl.Cl.O=C(NCc1ccccc1Cn1cncn1)C1CC(F)(F)CN1. The minimum Gasteiger partial charge on any atom is -0.351 e. The zero-order valence-electron chi connectivity index (χ0n) is 13.2. The van der Waals surface area contributed by atoms with Crippen LogP contribution in [0.2, 0.25) is 0 Å². The van der Waals surface area contributed by atoms with E-state index >= 15 is 0 Å². The fourth-order valence-corrected chi connectivity index (χ4v) is 2.58. The molecule has 1 amide bonds. The van der Waals surface area contributed by atoms with E-state index in [4.69, 9.17) is 0 Å². The molecular formula is C15H19Cl2F2N5O. The maximum atomic E-state index is 13.1. The predicted octanol–water partition coefficient (Wildman–Crippen LogP) is 1.78. The quantitative estimate of drug-likeness (QED) is 0.811. The molecule has 138 valence electrons. The van der Waals surface area contributed by atoms with E-state index in [0.29, 0.717) is 6.54 Å². The Labute approximate surface area is 156 Å². The number of nitrogens with one attached hydrogen (secondary N) is 2. The largest absolute Gasteiger partial charge is 0.351 e. The first-order valence-corrected chi connectivity index (χ1v) is 7.32. The van der Waals surface area contributed by atoms with Crippen molar-refractivity contribution in [3.8, 4) is 0 Å². The standard InChI is InChI=1S/C15H17F2N5O.2ClH/c16-15(17)5-13(20-8-15)14(23)19-6-11-3-1-2-4-12(11)7-22-10-18-9-21-22;;/h1-4,9-10,13,20H,5-8H2,(H,19,23);2*1H. The second-order valence-corrected chi connectivity index (χ2v) is 5.57. The number of amides is 1. The molecule has 1 aliphatic rings. The monoisotopic (exact) mass is 393 g/mol. The summed E-state index contributed by atoms with van der Waals surface area (Å²) in [5, 5.41) is 9.32. The Morgan fingerprint density at radius 2 is 2.04 bits per heavy atom. The number of hydrogen-bond donors (Lipinski definition) is 2. The van der Waals surface area contributed by atoms with Gasteiger partial charge in [-0.3, -0.25) is 10.1 Å². The molecule has 0 aliphatic carbocycles. The van der Waals surface area contributed by atoms with Crippen LogP contribution in [0.25, 0.3) is 0 Å². The number of alkyl halides is 2. The Morgan fingerprint density at radius 3 is 2.64 bits per heavy atom. The Bertz CT molecular complexity index is 684. The van der Waals surface area contributed by atoms with Crippen LogP contribution >= 0.6 is 24.8 Å². The van der Waals surface area contributed by atoms with Crippen LogP contribution in [0.1, 0.15) is 17.5 Å². The molecular weight excluding hydrogens is 375 g/mol. The summed E-state index contributed by atoms with van der Waals surface area (Å²) in [6, 6.07) is 6.76. The molecule has 1 saturated heterocycles. The molecule has 2 aromatic rings. The molecule has 6 nitrogen and oxygen atoms in total. The Morgan fingerprint density at radius 1 is 1.32 bits per heavy atom. The maximum Gasteiger partial charge on any atom is 0.262 e. The zero-order valence-corrected chi connectivity index (χ0v) is 14.8. The smallest absolute Gasteiger partial charge is 0.262 e. The van der Waals surface area contributed by atoms with Gasteiger partial charge in [-0.15, -0.1) is 24.8 Å². The molecule has 0 spiro atoms. The number of hydrogen-bond acceptors (Lipinski definition) is 4. The molecule has 1 atom stereocenters. The van der Waals surface area contributed by atoms with Crippen molar-refractivity contribution in [1.82, 2.24) is 25.4 Å². The number of halogens is 4. The Kier molecular flexibility index (Phi) is 7.72. The molecule has 3 rings (SSSR count). The molecule has 1 fully saturated rings. The summed E-state index contributed by atoms with van der Waals surface area (Å²) in [6.45, 7) is 0.368. The first-order valence-electron chi connectivity index (χ1n) is 7.32. The van der Waals surface area contributed by atoms with E-state index in [0.717, 1.165) is 11.1 Å². The zero-order chi connectivity index (χ0) is 16.3. The molecule has 0 radical (unpaired) electrons. The van der Waals surface area contributed by atoms with Gasteiger partial charge in [-0.2, -0.15) is 5.10 Å². The molecule has 2 N–H and O–H groups in total. The van der Waals surface area contributed by atoms with Crippen molar-refractivity contribution in [2.24, 2.45) is 0 Å². The van der Waals surface area contributed by atoms with E-state index in [1.165, 1.54) is 6.33 Å². The van der Waals surface area contributed by atoms with Crippen molar-refractivity contribution in [1.29, 1.82) is 0 Å². The highest BCUT2D eigenvalue weighted by Gasteiger charge is 2.42. The molecule has 0 saturated carbocycles. The van der Waals surface area contributed by atoms with E-state index in [1.807, 2.05) is 24.3 Å². The molecule has 10 heteroatoms. The van der Waals surface area contributed by atoms with Crippen molar-refractivity contribution < 1.29 is 13.6 Å². The van der Waals surface area contributed by atoms with Gasteiger partial charge in [0.1, 0.15) is 12.7 Å². The van der Waals surface area contributed by atoms with Crippen LogP contribution < -0.4 is 10.6 Å². The summed E-state index contributed by atoms with van der Waals surface area (Å²) in [5.41, 5.74) is 1.91. The van der Waals surface area contributed by atoms with Gasteiger partial charge in [0.05, 0.1) is 19.1 Å². The topological polar surface area (TPSA) is 71.8 Å². The van der Waals surface area contributed by atoms with Crippen LogP contribution in [-0.4, -0.2) is 39.2 Å². The number of carbonyl (C=O) groups is 1. The van der Waals surface area contributed by atoms with Crippen LogP contribution in [0, 0.1) is 0 Å². The lowest BCUT2D eigenvalue weighted by atomic mass is 10.1. The third-order valence-corrected chi connectivity index (χ3v) is 3.80. The predicted molar refractivity (Wildman–Crippen MR) is 93.3 cm³/mol. The van der Waals surface area contributed by atoms with E-state index in [1.54, 1.807) is 11.0 Å². The van der Waals surface area contributed by atoms with Gasteiger partial charge < -0.3 is 5.32 Å². The second-order valence-electron chi connectivity index (χ2n) is 5.57. The average molecular weight is 394 g/mol. The normalized spacial score (nSPS) is 18.1. The van der Waals surface area contributed by atoms with Crippen molar-refractivity contribution in [2.45, 2.75) is 31.5 Å². The van der Waals surface area contributed by atoms with Crippen molar-refractivity contribution >= 4 is 30.7 Å². The van der Waals surface area contributed by atoms with Crippen molar-refractivity contribution in [3.63, 3.8) is 0 Å². The third kappa shape index (κ3) is 5.62. The average Bonchev–Trinajstić information content (AvgIpc) is 3.15. The highest BCUT2D eigenvalue weighted by Crippen LogP contribution is 2.25. The first-order chi connectivity index (χ1) is 11.0. The van der Waals surface area contributed by atoms with E-state index in [-0.39, 0.29) is 31.4 Å². The number of nitrogens with zero attached hydrogens (tertiary/aromatic N) is 3. The van der Waals surface area contributed by atoms with E-state index in [9.17, 15) is 13.6 Å². The van der Waals surface area contributed by atoms with Crippen molar-refractivity contribution in [2.75, 3.05) is 6.54 Å². The summed E-state index contributed by atoms with van der Waals surface area (Å²) in [6.07, 6.45) is 2.61. The van der Waals surface area contributed by atoms with Crippen LogP contribution in [0.5, 0.6) is 0 Å². The molecule has 1 unspecified atom stereocenters. The van der Waals surface area contributed by atoms with E-state index in [2.05, 4.69) is 20.7 Å². The van der Waals surface area contributed by atoms with Crippen LogP contribution in [-0.2, 0) is 17.9 Å². The summed E-state index contributed by atoms with van der Waals surface area (Å²) in [4.78, 5) is 15.9. The highest BCUT2D eigenvalue weighted by molar-refractivity contribution is 5.85. The molecule has 0 bridgehead atoms. The lowest BCUT2D eigenvalue weighted by Crippen LogP contribution is -2.40. The number of carbonyl (C=O) groups excluding carboxylic acids is 1. The summed E-state index contributed by atoms with van der Waals surface area (Å²) < 4.78 is 28.0. The second kappa shape index (κ2) is 9.07. The molecule has 2 heterocycles. The molecule has 1 aromatic heterocycles. The van der Waals surface area contributed by atoms with Crippen LogP contribution in [0.4, 0.5) is 8.78 Å². The maximum absolute atomic E-state index is 13.1. The van der Waals surface area contributed by atoms with Gasteiger partial charge in [-0.25, -0.2) is 18.4 Å². The fraction of sp³-hybridized carbons (Fsp3) is 0.400. The van der Waals surface area contributed by atoms with Gasteiger partial charge in [0.2, 0.25) is 5.91 Å². The van der Waals surface area contributed by atoms with Crippen molar-refractivity contribution in [3.05, 3.63) is 48.0 Å². The van der Waals surface area contributed by atoms with Crippen LogP contribution in [0.15, 0.2) is 36.9 Å². The van der Waals surface area contributed by atoms with Crippen LogP contribution in [0.3, 0.4) is 0 Å². The summed E-state index contributed by atoms with van der Waals surface area (Å²) in [5.74, 6) is -3.22. The van der Waals surface area contributed by atoms with Gasteiger partial charge in [0, 0.05) is 13.0 Å². The molecule has 25 heavy (non-hydrogen) atoms. The Hall–Kier alpha value is -1.77. The third-order valence-electron chi connectivity index (χ3n) is 3.80. The first kappa shape index (κ1) is 21.3. The number of rotatable bonds is 5. The van der Waals surface area contributed by atoms with E-state index < -0.39 is 30.8 Å². The number of benzene rings is 1. The lowest BCUT2D eigenvalue weighted by Gasteiger charge is -2.13. The minimum absolute atomic E-state index is 0. The summed E-state index contributed by atoms with van der Waals surface area (Å²) in [7, 11) is 0.